The van der Waals surface area contributed by atoms with E-state index in [4.69, 9.17) is 10.1 Å². The number of pyridine rings is 1. The number of fused-ring (bicyclic) bond motifs is 1. The monoisotopic (exact) mass is 659 g/mol. The van der Waals surface area contributed by atoms with Crippen molar-refractivity contribution in [3.8, 4) is 11.3 Å². The molecule has 3 aromatic rings. The van der Waals surface area contributed by atoms with Gasteiger partial charge in [-0.1, -0.05) is 32.0 Å². The van der Waals surface area contributed by atoms with Crippen LogP contribution >= 0.6 is 0 Å². The van der Waals surface area contributed by atoms with E-state index in [1.807, 2.05) is 6.20 Å². The van der Waals surface area contributed by atoms with Gasteiger partial charge in [-0.3, -0.25) is 4.79 Å². The molecule has 1 aromatic heterocycles. The molecule has 0 amide bonds. The van der Waals surface area contributed by atoms with Crippen molar-refractivity contribution in [2.24, 2.45) is 23.7 Å². The SMILES string of the molecule is CC(=O)/C=C(/C)O.Cc1[c-]c(-c2nccc3cc(C4C5CC6CC(C5)CC4C6)ccc23)cc(C)c1.[Ir]. The Labute approximate surface area is 228 Å². The van der Waals surface area contributed by atoms with Crippen LogP contribution in [0.15, 0.2) is 54.4 Å². The summed E-state index contributed by atoms with van der Waals surface area (Å²) in [5, 5.41) is 11.0. The van der Waals surface area contributed by atoms with Crippen LogP contribution in [0.3, 0.4) is 0 Å². The van der Waals surface area contributed by atoms with Gasteiger partial charge in [0.1, 0.15) is 0 Å². The van der Waals surface area contributed by atoms with Gasteiger partial charge in [0.05, 0.1) is 5.76 Å². The van der Waals surface area contributed by atoms with Gasteiger partial charge in [0, 0.05) is 32.4 Å². The van der Waals surface area contributed by atoms with E-state index in [2.05, 4.69) is 56.3 Å². The minimum absolute atomic E-state index is 0. The molecular weight excluding hydrogens is 623 g/mol. The number of aliphatic hydroxyl groups is 1. The van der Waals surface area contributed by atoms with Crippen molar-refractivity contribution in [2.45, 2.75) is 65.7 Å². The summed E-state index contributed by atoms with van der Waals surface area (Å²) in [5.41, 5.74) is 6.23. The van der Waals surface area contributed by atoms with E-state index in [-0.39, 0.29) is 31.6 Å². The van der Waals surface area contributed by atoms with Crippen LogP contribution in [0.4, 0.5) is 0 Å². The topological polar surface area (TPSA) is 50.2 Å². The number of carbonyl (C=O) groups is 1. The minimum atomic E-state index is -0.125. The fourth-order valence-electron chi connectivity index (χ4n) is 7.40. The zero-order chi connectivity index (χ0) is 24.7. The number of ketones is 1. The average Bonchev–Trinajstić information content (AvgIpc) is 2.76. The Balaban J connectivity index is 0.000000338. The Kier molecular flexibility index (Phi) is 8.17. The van der Waals surface area contributed by atoms with E-state index >= 15 is 0 Å². The van der Waals surface area contributed by atoms with Gasteiger partial charge < -0.3 is 10.1 Å². The number of nitrogens with zero attached hydrogens (tertiary/aromatic N) is 1. The number of rotatable bonds is 3. The summed E-state index contributed by atoms with van der Waals surface area (Å²) < 4.78 is 0. The van der Waals surface area contributed by atoms with Crippen molar-refractivity contribution in [1.29, 1.82) is 0 Å². The van der Waals surface area contributed by atoms with Crippen LogP contribution < -0.4 is 0 Å². The first-order valence-corrected chi connectivity index (χ1v) is 13.0. The van der Waals surface area contributed by atoms with Crippen LogP contribution in [0.1, 0.15) is 68.6 Å². The molecule has 0 spiro atoms. The molecule has 4 saturated carbocycles. The Morgan fingerprint density at radius 1 is 0.972 bits per heavy atom. The largest absolute Gasteiger partial charge is 0.512 e. The first-order chi connectivity index (χ1) is 16.8. The number of aryl methyl sites for hydroxylation is 2. The third kappa shape index (κ3) is 5.66. The van der Waals surface area contributed by atoms with Crippen molar-refractivity contribution in [3.63, 3.8) is 0 Å². The van der Waals surface area contributed by atoms with Crippen molar-refractivity contribution >= 4 is 16.6 Å². The van der Waals surface area contributed by atoms with E-state index in [1.165, 1.54) is 73.9 Å². The summed E-state index contributed by atoms with van der Waals surface area (Å²) in [6.07, 6.45) is 10.6. The van der Waals surface area contributed by atoms with Gasteiger partial charge in [0.2, 0.25) is 0 Å². The Hall–Kier alpha value is -2.29. The number of hydrogen-bond acceptors (Lipinski definition) is 3. The number of hydrogen-bond donors (Lipinski definition) is 1. The summed E-state index contributed by atoms with van der Waals surface area (Å²) in [6, 6.07) is 17.3. The number of aliphatic hydroxyl groups excluding tert-OH is 1. The third-order valence-electron chi connectivity index (χ3n) is 8.22. The molecule has 0 unspecified atom stereocenters. The fraction of sp³-hybridized carbons (Fsp3) is 0.438. The average molecular weight is 659 g/mol. The maximum absolute atomic E-state index is 10.0. The van der Waals surface area contributed by atoms with Crippen molar-refractivity contribution in [3.05, 3.63) is 77.2 Å². The quantitative estimate of drug-likeness (QED) is 0.177. The summed E-state index contributed by atoms with van der Waals surface area (Å²) in [5.74, 6) is 4.67. The van der Waals surface area contributed by atoms with E-state index in [0.717, 1.165) is 40.8 Å². The summed E-state index contributed by atoms with van der Waals surface area (Å²) >= 11 is 0. The van der Waals surface area contributed by atoms with Gasteiger partial charge in [0.25, 0.3) is 0 Å². The first kappa shape index (κ1) is 26.8. The number of carbonyl (C=O) groups excluding carboxylic acids is 1. The Bertz CT molecular complexity index is 1240. The van der Waals surface area contributed by atoms with Crippen LogP contribution in [0.2, 0.25) is 0 Å². The van der Waals surface area contributed by atoms with Gasteiger partial charge in [0.15, 0.2) is 5.78 Å². The minimum Gasteiger partial charge on any atom is -0.512 e. The van der Waals surface area contributed by atoms with Gasteiger partial charge >= 0.3 is 0 Å². The summed E-state index contributed by atoms with van der Waals surface area (Å²) in [4.78, 5) is 14.8. The fourth-order valence-corrected chi connectivity index (χ4v) is 7.40. The zero-order valence-electron chi connectivity index (χ0n) is 21.7. The maximum Gasteiger partial charge on any atom is 0.155 e. The molecule has 1 N–H and O–H groups in total. The second-order valence-corrected chi connectivity index (χ2v) is 11.2. The van der Waals surface area contributed by atoms with Crippen LogP contribution in [0.5, 0.6) is 0 Å². The summed E-state index contributed by atoms with van der Waals surface area (Å²) in [6.45, 7) is 7.12. The summed E-state index contributed by atoms with van der Waals surface area (Å²) in [7, 11) is 0. The molecule has 0 aliphatic heterocycles. The molecule has 2 aromatic carbocycles. The van der Waals surface area contributed by atoms with E-state index in [1.54, 1.807) is 5.56 Å². The molecule has 191 valence electrons. The number of benzene rings is 2. The Morgan fingerprint density at radius 3 is 2.19 bits per heavy atom. The van der Waals surface area contributed by atoms with Crippen LogP contribution in [0.25, 0.3) is 22.0 Å². The van der Waals surface area contributed by atoms with Gasteiger partial charge in [-0.2, -0.15) is 0 Å². The standard InChI is InChI=1S/C27H28N.C5H8O2.Ir/c1-16-7-17(2)9-24(8-16)27-25-4-3-21(15-20(25)5-6-28-27)26-22-11-18-10-19(13-22)14-23(26)12-18;1-4(6)3-5(2)7;/h3-8,15,18-19,22-23,26H,10-14H2,1-2H3;3,6H,1-2H3;/q-1;;/b;4-3-;. The second-order valence-electron chi connectivity index (χ2n) is 11.2. The van der Waals surface area contributed by atoms with Crippen LogP contribution in [0, 0.1) is 43.6 Å². The molecule has 7 rings (SSSR count). The molecule has 1 radical (unpaired) electrons. The van der Waals surface area contributed by atoms with E-state index < -0.39 is 0 Å². The molecule has 0 saturated heterocycles. The number of aromatic nitrogens is 1. The number of allylic oxidation sites excluding steroid dienone is 2. The van der Waals surface area contributed by atoms with Gasteiger partial charge in [-0.05, 0) is 104 Å². The first-order valence-electron chi connectivity index (χ1n) is 13.0. The molecule has 4 aliphatic rings. The van der Waals surface area contributed by atoms with Crippen molar-refractivity contribution in [1.82, 2.24) is 4.98 Å². The normalized spacial score (nSPS) is 26.2. The molecule has 3 nitrogen and oxygen atoms in total. The maximum atomic E-state index is 10.0. The predicted octanol–water partition coefficient (Wildman–Crippen LogP) is 7.89. The molecule has 36 heavy (non-hydrogen) atoms. The predicted molar refractivity (Wildman–Crippen MR) is 142 cm³/mol. The van der Waals surface area contributed by atoms with Gasteiger partial charge in [-0.25, -0.2) is 0 Å². The molecule has 4 heteroatoms. The molecule has 4 fully saturated rings. The molecule has 4 bridgehead atoms. The van der Waals surface area contributed by atoms with Crippen molar-refractivity contribution < 1.29 is 30.0 Å². The molecule has 1 heterocycles. The Morgan fingerprint density at radius 2 is 1.64 bits per heavy atom. The smallest absolute Gasteiger partial charge is 0.155 e. The van der Waals surface area contributed by atoms with Crippen LogP contribution in [-0.4, -0.2) is 15.9 Å². The second kappa shape index (κ2) is 11.0. The molecule has 4 aliphatic carbocycles. The van der Waals surface area contributed by atoms with Gasteiger partial charge in [-0.15, -0.1) is 34.9 Å². The van der Waals surface area contributed by atoms with Crippen molar-refractivity contribution in [2.75, 3.05) is 0 Å². The molecular formula is C32H36IrNO2-. The zero-order valence-corrected chi connectivity index (χ0v) is 24.1. The van der Waals surface area contributed by atoms with E-state index in [0.29, 0.717) is 0 Å². The van der Waals surface area contributed by atoms with Crippen LogP contribution in [-0.2, 0) is 24.9 Å². The third-order valence-corrected chi connectivity index (χ3v) is 8.22. The van der Waals surface area contributed by atoms with E-state index in [9.17, 15) is 4.79 Å². The molecule has 0 atom stereocenters.